The fourth-order valence-corrected chi connectivity index (χ4v) is 6.60. The number of rotatable bonds is 8. The Morgan fingerprint density at radius 2 is 1.64 bits per heavy atom. The van der Waals surface area contributed by atoms with Crippen molar-refractivity contribution in [1.29, 1.82) is 0 Å². The smallest absolute Gasteiger partial charge is 0.310 e. The number of hydrogen-bond acceptors (Lipinski definition) is 10. The number of nitrogens with zero attached hydrogens (tertiary/aromatic N) is 3. The summed E-state index contributed by atoms with van der Waals surface area (Å²) in [5, 5.41) is 11.5. The number of nitrogens with one attached hydrogen (secondary N) is 1. The Morgan fingerprint density at radius 3 is 2.31 bits per heavy atom. The summed E-state index contributed by atoms with van der Waals surface area (Å²) in [6.45, 7) is 2.70. The normalized spacial score (nSPS) is 21.0. The minimum absolute atomic E-state index is 0.0725. The van der Waals surface area contributed by atoms with E-state index >= 15 is 0 Å². The van der Waals surface area contributed by atoms with Crippen molar-refractivity contribution in [3.63, 3.8) is 0 Å². The highest BCUT2D eigenvalue weighted by molar-refractivity contribution is 5.92. The molecule has 1 aromatic heterocycles. The number of amides is 1. The van der Waals surface area contributed by atoms with E-state index in [9.17, 15) is 9.59 Å². The Bertz CT molecular complexity index is 1760. The van der Waals surface area contributed by atoms with Crippen LogP contribution in [-0.2, 0) is 16.1 Å². The van der Waals surface area contributed by atoms with E-state index in [1.165, 1.54) is 7.11 Å². The number of cyclic esters (lactones) is 1. The van der Waals surface area contributed by atoms with Gasteiger partial charge in [0.05, 0.1) is 52.6 Å². The van der Waals surface area contributed by atoms with Crippen LogP contribution in [0.3, 0.4) is 0 Å². The summed E-state index contributed by atoms with van der Waals surface area (Å²) in [6, 6.07) is 14.9. The molecule has 1 amide bonds. The molecule has 0 spiro atoms. The van der Waals surface area contributed by atoms with E-state index in [0.29, 0.717) is 35.3 Å². The minimum atomic E-state index is -0.622. The Hall–Kier alpha value is -5.26. The van der Waals surface area contributed by atoms with Crippen LogP contribution in [0.2, 0.25) is 0 Å². The second kappa shape index (κ2) is 11.3. The van der Waals surface area contributed by atoms with Crippen molar-refractivity contribution in [2.45, 2.75) is 25.4 Å². The van der Waals surface area contributed by atoms with Crippen LogP contribution in [-0.4, -0.2) is 61.6 Å². The molecule has 45 heavy (non-hydrogen) atoms. The van der Waals surface area contributed by atoms with Crippen LogP contribution in [0.4, 0.5) is 0 Å². The highest BCUT2D eigenvalue weighted by atomic mass is 16.7. The van der Waals surface area contributed by atoms with Crippen LogP contribution >= 0.6 is 0 Å². The molecule has 7 rings (SSSR count). The molecule has 2 aliphatic heterocycles. The van der Waals surface area contributed by atoms with E-state index in [1.807, 2.05) is 55.5 Å². The van der Waals surface area contributed by atoms with E-state index in [2.05, 4.69) is 15.6 Å². The molecular formula is C33H32N4O8. The van der Waals surface area contributed by atoms with Gasteiger partial charge in [-0.3, -0.25) is 9.59 Å². The van der Waals surface area contributed by atoms with E-state index in [-0.39, 0.29) is 31.0 Å². The molecule has 232 valence electrons. The molecule has 3 aromatic carbocycles. The van der Waals surface area contributed by atoms with Gasteiger partial charge < -0.3 is 33.7 Å². The molecule has 12 heteroatoms. The summed E-state index contributed by atoms with van der Waals surface area (Å²) < 4.78 is 35.6. The van der Waals surface area contributed by atoms with Crippen molar-refractivity contribution in [1.82, 2.24) is 20.3 Å². The van der Waals surface area contributed by atoms with Crippen LogP contribution in [0.1, 0.15) is 50.3 Å². The monoisotopic (exact) mass is 612 g/mol. The summed E-state index contributed by atoms with van der Waals surface area (Å²) in [6.07, 6.45) is 1.62. The molecule has 4 aromatic rings. The maximum atomic E-state index is 13.7. The van der Waals surface area contributed by atoms with Crippen LogP contribution in [0.25, 0.3) is 0 Å². The second-order valence-electron chi connectivity index (χ2n) is 11.3. The van der Waals surface area contributed by atoms with Crippen molar-refractivity contribution in [2.24, 2.45) is 11.8 Å². The van der Waals surface area contributed by atoms with Gasteiger partial charge in [0.2, 0.25) is 12.5 Å². The average molecular weight is 613 g/mol. The average Bonchev–Trinajstić information content (AvgIpc) is 3.81. The first kappa shape index (κ1) is 28.5. The van der Waals surface area contributed by atoms with Gasteiger partial charge in [-0.25, -0.2) is 4.68 Å². The fraction of sp³-hybridized carbons (Fsp3) is 0.333. The van der Waals surface area contributed by atoms with Gasteiger partial charge in [-0.05, 0) is 53.4 Å². The minimum Gasteiger partial charge on any atom is -0.493 e. The van der Waals surface area contributed by atoms with Gasteiger partial charge >= 0.3 is 5.97 Å². The zero-order valence-electron chi connectivity index (χ0n) is 25.2. The van der Waals surface area contributed by atoms with E-state index < -0.39 is 23.8 Å². The van der Waals surface area contributed by atoms with Gasteiger partial charge in [0.1, 0.15) is 0 Å². The van der Waals surface area contributed by atoms with Gasteiger partial charge in [-0.15, -0.1) is 5.10 Å². The molecular weight excluding hydrogens is 580 g/mol. The predicted octanol–water partition coefficient (Wildman–Crippen LogP) is 3.80. The number of aromatic nitrogens is 3. The third-order valence-electron chi connectivity index (χ3n) is 8.76. The zero-order valence-corrected chi connectivity index (χ0v) is 25.2. The van der Waals surface area contributed by atoms with E-state index in [4.69, 9.17) is 28.4 Å². The topological polar surface area (TPSA) is 132 Å². The SMILES string of the molecule is COc1cc([C@@H]2c3cc4c(cc3[C@@H](NC(=O)c3cn(Cc5ccc(C)cc5)nn3)[C@H]3COC(=O)[C@H]23)OCO4)cc(OC)c1OC. The molecule has 3 aliphatic rings. The summed E-state index contributed by atoms with van der Waals surface area (Å²) in [5.74, 6) is 0.230. The number of carbonyl (C=O) groups excluding carboxylic acids is 2. The van der Waals surface area contributed by atoms with Gasteiger partial charge in [-0.2, -0.15) is 0 Å². The lowest BCUT2D eigenvalue weighted by Crippen LogP contribution is -2.43. The van der Waals surface area contributed by atoms with Crippen LogP contribution in [0, 0.1) is 18.8 Å². The van der Waals surface area contributed by atoms with Crippen molar-refractivity contribution in [2.75, 3.05) is 34.7 Å². The van der Waals surface area contributed by atoms with Crippen molar-refractivity contribution in [3.8, 4) is 28.7 Å². The first-order chi connectivity index (χ1) is 21.9. The van der Waals surface area contributed by atoms with Crippen molar-refractivity contribution < 1.29 is 38.0 Å². The first-order valence-electron chi connectivity index (χ1n) is 14.5. The largest absolute Gasteiger partial charge is 0.493 e. The Labute approximate surface area is 259 Å². The highest BCUT2D eigenvalue weighted by Gasteiger charge is 2.53. The second-order valence-corrected chi connectivity index (χ2v) is 11.3. The lowest BCUT2D eigenvalue weighted by molar-refractivity contribution is -0.141. The highest BCUT2D eigenvalue weighted by Crippen LogP contribution is 2.55. The number of carbonyl (C=O) groups is 2. The molecule has 1 N–H and O–H groups in total. The van der Waals surface area contributed by atoms with E-state index in [1.54, 1.807) is 25.1 Å². The molecule has 0 bridgehead atoms. The quantitative estimate of drug-likeness (QED) is 0.293. The Balaban J connectivity index is 1.27. The van der Waals surface area contributed by atoms with E-state index in [0.717, 1.165) is 27.8 Å². The molecule has 0 saturated carbocycles. The number of hydrogen-bond donors (Lipinski definition) is 1. The molecule has 0 radical (unpaired) electrons. The number of benzene rings is 3. The summed E-state index contributed by atoms with van der Waals surface area (Å²) in [7, 11) is 4.63. The van der Waals surface area contributed by atoms with Crippen LogP contribution in [0.15, 0.2) is 54.7 Å². The molecule has 4 atom stereocenters. The zero-order chi connectivity index (χ0) is 31.2. The number of methoxy groups -OCH3 is 3. The first-order valence-corrected chi connectivity index (χ1v) is 14.5. The summed E-state index contributed by atoms with van der Waals surface area (Å²) in [5.41, 5.74) is 4.71. The lowest BCUT2D eigenvalue weighted by Gasteiger charge is -2.39. The summed E-state index contributed by atoms with van der Waals surface area (Å²) >= 11 is 0. The lowest BCUT2D eigenvalue weighted by atomic mass is 9.65. The molecule has 12 nitrogen and oxygen atoms in total. The number of aryl methyl sites for hydroxylation is 1. The molecule has 0 unspecified atom stereocenters. The summed E-state index contributed by atoms with van der Waals surface area (Å²) in [4.78, 5) is 27.1. The fourth-order valence-electron chi connectivity index (χ4n) is 6.60. The molecule has 1 fully saturated rings. The molecule has 1 aliphatic carbocycles. The van der Waals surface area contributed by atoms with Gasteiger partial charge in [0.25, 0.3) is 5.91 Å². The number of ether oxygens (including phenoxy) is 6. The third kappa shape index (κ3) is 4.95. The Kier molecular flexibility index (Phi) is 7.19. The van der Waals surface area contributed by atoms with Gasteiger partial charge in [0.15, 0.2) is 28.7 Å². The standard InChI is InChI=1S/C33H32N4O8/c1-17-5-7-18(8-6-17)13-37-14-23(35-36-37)32(38)34-30-21-12-25-24(44-16-45-25)11-20(21)28(29-22(30)15-43-33(29)39)19-9-26(40-2)31(42-4)27(10-19)41-3/h5-12,14,22,28-30H,13,15-16H2,1-4H3,(H,34,38)/t22-,28+,29-,30+/m0/s1. The van der Waals surface area contributed by atoms with Gasteiger partial charge in [-0.1, -0.05) is 35.0 Å². The molecule has 3 heterocycles. The number of esters is 1. The van der Waals surface area contributed by atoms with Crippen molar-refractivity contribution in [3.05, 3.63) is 88.2 Å². The predicted molar refractivity (Wildman–Crippen MR) is 159 cm³/mol. The van der Waals surface area contributed by atoms with Crippen LogP contribution in [0.5, 0.6) is 28.7 Å². The Morgan fingerprint density at radius 1 is 0.956 bits per heavy atom. The maximum Gasteiger partial charge on any atom is 0.310 e. The maximum absolute atomic E-state index is 13.7. The van der Waals surface area contributed by atoms with Crippen molar-refractivity contribution >= 4 is 11.9 Å². The van der Waals surface area contributed by atoms with Gasteiger partial charge in [0, 0.05) is 11.8 Å². The number of fused-ring (bicyclic) bond motifs is 3. The third-order valence-corrected chi connectivity index (χ3v) is 8.76. The van der Waals surface area contributed by atoms with Crippen LogP contribution < -0.4 is 29.0 Å². The molecule has 1 saturated heterocycles.